The Bertz CT molecular complexity index is 1300. The van der Waals surface area contributed by atoms with Crippen molar-refractivity contribution in [1.82, 2.24) is 10.6 Å². The van der Waals surface area contributed by atoms with Crippen LogP contribution in [0.1, 0.15) is 27.7 Å². The number of nitro groups is 1. The number of ketones is 1. The van der Waals surface area contributed by atoms with Gasteiger partial charge in [0.25, 0.3) is 5.69 Å². The number of nitrogens with zero attached hydrogens (tertiary/aromatic N) is 1. The van der Waals surface area contributed by atoms with Crippen LogP contribution in [-0.4, -0.2) is 33.7 Å². The normalized spacial score (nSPS) is 22.3. The Morgan fingerprint density at radius 1 is 1.11 bits per heavy atom. The van der Waals surface area contributed by atoms with Crippen molar-refractivity contribution < 1.29 is 37.2 Å². The molecule has 0 spiro atoms. The second kappa shape index (κ2) is 8.55. The van der Waals surface area contributed by atoms with Gasteiger partial charge in [0.05, 0.1) is 10.5 Å². The van der Waals surface area contributed by atoms with E-state index in [9.17, 15) is 38.0 Å². The number of urea groups is 1. The number of aryl methyl sites for hydroxylation is 1. The van der Waals surface area contributed by atoms with Crippen molar-refractivity contribution in [3.05, 3.63) is 87.7 Å². The number of nitro benzene ring substituents is 1. The standard InChI is InChI=1S/C23H18F3N3O6/c1-12-6-8-13(9-7-12)20(30)18-19(27-21(31)28-22(18,32)23(24,25)26)17-11-10-16(35-17)14-4-2-3-5-15(14)29(33)34/h2-11,18-19,32H,1H3,(H2,27,28,31)/t18-,19+,22+/m1/s1. The highest BCUT2D eigenvalue weighted by atomic mass is 19.4. The highest BCUT2D eigenvalue weighted by Gasteiger charge is 2.66. The molecular formula is C23H18F3N3O6. The molecule has 0 saturated carbocycles. The Hall–Kier alpha value is -4.19. The first kappa shape index (κ1) is 24.0. The van der Waals surface area contributed by atoms with Gasteiger partial charge in [0.1, 0.15) is 23.5 Å². The average molecular weight is 489 g/mol. The SMILES string of the molecule is Cc1ccc(C(=O)[C@H]2[C@H](c3ccc(-c4ccccc4[N+](=O)[O-])o3)NC(=O)N[C@@]2(O)C(F)(F)F)cc1. The summed E-state index contributed by atoms with van der Waals surface area (Å²) in [5.74, 6) is -3.77. The molecule has 2 amide bonds. The Kier molecular flexibility index (Phi) is 5.85. The largest absolute Gasteiger partial charge is 0.459 e. The number of hydrogen-bond donors (Lipinski definition) is 3. The second-order valence-electron chi connectivity index (χ2n) is 8.02. The lowest BCUT2D eigenvalue weighted by Crippen LogP contribution is -2.72. The van der Waals surface area contributed by atoms with Gasteiger partial charge in [-0.05, 0) is 25.1 Å². The number of halogens is 3. The van der Waals surface area contributed by atoms with E-state index in [1.54, 1.807) is 6.92 Å². The highest BCUT2D eigenvalue weighted by molar-refractivity contribution is 6.00. The van der Waals surface area contributed by atoms with Crippen molar-refractivity contribution in [1.29, 1.82) is 0 Å². The lowest BCUT2D eigenvalue weighted by atomic mass is 9.79. The molecule has 4 rings (SSSR count). The van der Waals surface area contributed by atoms with Crippen LogP contribution in [0, 0.1) is 23.0 Å². The van der Waals surface area contributed by atoms with E-state index in [0.717, 1.165) is 5.56 Å². The third-order valence-electron chi connectivity index (χ3n) is 5.72. The number of amides is 2. The first-order valence-electron chi connectivity index (χ1n) is 10.2. The number of hydrogen-bond acceptors (Lipinski definition) is 6. The van der Waals surface area contributed by atoms with Gasteiger partial charge in [0.2, 0.25) is 5.72 Å². The minimum Gasteiger partial charge on any atom is -0.459 e. The molecule has 2 aromatic carbocycles. The number of alkyl halides is 3. The van der Waals surface area contributed by atoms with Crippen molar-refractivity contribution in [3.8, 4) is 11.3 Å². The van der Waals surface area contributed by atoms with Crippen LogP contribution >= 0.6 is 0 Å². The summed E-state index contributed by atoms with van der Waals surface area (Å²) in [5, 5.41) is 25.7. The van der Waals surface area contributed by atoms with Gasteiger partial charge >= 0.3 is 12.2 Å². The molecular weight excluding hydrogens is 471 g/mol. The molecule has 2 heterocycles. The molecule has 0 bridgehead atoms. The minimum atomic E-state index is -5.43. The van der Waals surface area contributed by atoms with E-state index in [2.05, 4.69) is 5.32 Å². The number of benzene rings is 2. The van der Waals surface area contributed by atoms with Gasteiger partial charge in [-0.25, -0.2) is 4.79 Å². The summed E-state index contributed by atoms with van der Waals surface area (Å²) in [4.78, 5) is 36.2. The molecule has 182 valence electrons. The van der Waals surface area contributed by atoms with E-state index in [-0.39, 0.29) is 28.3 Å². The fraction of sp³-hybridized carbons (Fsp3) is 0.217. The third-order valence-corrected chi connectivity index (χ3v) is 5.72. The first-order chi connectivity index (χ1) is 16.4. The van der Waals surface area contributed by atoms with Gasteiger partial charge in [-0.3, -0.25) is 14.9 Å². The molecule has 0 radical (unpaired) electrons. The molecule has 3 atom stereocenters. The van der Waals surface area contributed by atoms with Gasteiger partial charge in [-0.15, -0.1) is 0 Å². The van der Waals surface area contributed by atoms with Crippen LogP contribution in [0.5, 0.6) is 0 Å². The van der Waals surface area contributed by atoms with E-state index in [1.807, 2.05) is 0 Å². The number of aliphatic hydroxyl groups is 1. The Morgan fingerprint density at radius 3 is 2.40 bits per heavy atom. The minimum absolute atomic E-state index is 0.0384. The maximum atomic E-state index is 14.0. The number of nitrogens with one attached hydrogen (secondary N) is 2. The molecule has 3 aromatic rings. The Morgan fingerprint density at radius 2 is 1.77 bits per heavy atom. The molecule has 1 aliphatic heterocycles. The van der Waals surface area contributed by atoms with E-state index < -0.39 is 40.6 Å². The Balaban J connectivity index is 1.83. The first-order valence-corrected chi connectivity index (χ1v) is 10.2. The van der Waals surface area contributed by atoms with E-state index in [4.69, 9.17) is 4.42 Å². The van der Waals surface area contributed by atoms with Crippen LogP contribution in [0.25, 0.3) is 11.3 Å². The fourth-order valence-electron chi connectivity index (χ4n) is 3.98. The van der Waals surface area contributed by atoms with Crippen molar-refractivity contribution in [3.63, 3.8) is 0 Å². The van der Waals surface area contributed by atoms with Crippen LogP contribution in [0.4, 0.5) is 23.7 Å². The summed E-state index contributed by atoms with van der Waals surface area (Å²) in [7, 11) is 0. The topological polar surface area (TPSA) is 135 Å². The number of carbonyl (C=O) groups is 2. The predicted molar refractivity (Wildman–Crippen MR) is 115 cm³/mol. The number of carbonyl (C=O) groups excluding carboxylic acids is 2. The molecule has 0 unspecified atom stereocenters. The molecule has 1 saturated heterocycles. The summed E-state index contributed by atoms with van der Waals surface area (Å²) in [5.41, 5.74) is -3.58. The molecule has 9 nitrogen and oxygen atoms in total. The van der Waals surface area contributed by atoms with E-state index >= 15 is 0 Å². The van der Waals surface area contributed by atoms with Crippen molar-refractivity contribution in [2.75, 3.05) is 0 Å². The maximum Gasteiger partial charge on any atom is 0.437 e. The monoisotopic (exact) mass is 489 g/mol. The summed E-state index contributed by atoms with van der Waals surface area (Å²) in [6, 6.07) is 10.5. The van der Waals surface area contributed by atoms with Gasteiger partial charge in [0, 0.05) is 11.6 Å². The molecule has 3 N–H and O–H groups in total. The zero-order chi connectivity index (χ0) is 25.5. The van der Waals surface area contributed by atoms with Gasteiger partial charge < -0.3 is 20.2 Å². The zero-order valence-corrected chi connectivity index (χ0v) is 18.0. The molecule has 1 fully saturated rings. The molecule has 0 aliphatic carbocycles. The number of rotatable bonds is 5. The van der Waals surface area contributed by atoms with Crippen molar-refractivity contribution in [2.45, 2.75) is 24.9 Å². The van der Waals surface area contributed by atoms with Crippen LogP contribution in [0.15, 0.2) is 65.1 Å². The lowest BCUT2D eigenvalue weighted by Gasteiger charge is -2.44. The van der Waals surface area contributed by atoms with Gasteiger partial charge in [-0.1, -0.05) is 42.0 Å². The quantitative estimate of drug-likeness (QED) is 0.278. The number of Topliss-reactive ketones (excluding diaryl/α,β-unsaturated/α-hetero) is 1. The summed E-state index contributed by atoms with van der Waals surface area (Å²) in [6.45, 7) is 1.72. The highest BCUT2D eigenvalue weighted by Crippen LogP contribution is 2.45. The molecule has 35 heavy (non-hydrogen) atoms. The number of para-hydroxylation sites is 1. The molecule has 1 aliphatic rings. The predicted octanol–water partition coefficient (Wildman–Crippen LogP) is 4.27. The van der Waals surface area contributed by atoms with Gasteiger partial charge in [-0.2, -0.15) is 13.2 Å². The smallest absolute Gasteiger partial charge is 0.437 e. The summed E-state index contributed by atoms with van der Waals surface area (Å²) < 4.78 is 47.7. The lowest BCUT2D eigenvalue weighted by molar-refractivity contribution is -0.384. The van der Waals surface area contributed by atoms with Crippen LogP contribution in [-0.2, 0) is 0 Å². The van der Waals surface area contributed by atoms with Gasteiger partial charge in [0.15, 0.2) is 5.78 Å². The maximum absolute atomic E-state index is 14.0. The third kappa shape index (κ3) is 4.23. The fourth-order valence-corrected chi connectivity index (χ4v) is 3.98. The second-order valence-corrected chi connectivity index (χ2v) is 8.02. The van der Waals surface area contributed by atoms with Crippen LogP contribution in [0.2, 0.25) is 0 Å². The van der Waals surface area contributed by atoms with E-state index in [1.165, 1.54) is 66.0 Å². The summed E-state index contributed by atoms with van der Waals surface area (Å²) >= 11 is 0. The van der Waals surface area contributed by atoms with Crippen molar-refractivity contribution in [2.24, 2.45) is 5.92 Å². The molecule has 12 heteroatoms. The zero-order valence-electron chi connectivity index (χ0n) is 18.0. The van der Waals surface area contributed by atoms with E-state index in [0.29, 0.717) is 0 Å². The summed E-state index contributed by atoms with van der Waals surface area (Å²) in [6.07, 6.45) is -5.43. The Labute approximate surface area is 195 Å². The average Bonchev–Trinajstić information content (AvgIpc) is 3.28. The number of furan rings is 1. The van der Waals surface area contributed by atoms with Crippen LogP contribution < -0.4 is 10.6 Å². The van der Waals surface area contributed by atoms with Crippen LogP contribution in [0.3, 0.4) is 0 Å². The van der Waals surface area contributed by atoms with Crippen molar-refractivity contribution >= 4 is 17.5 Å². The molecule has 1 aromatic heterocycles.